The van der Waals surface area contributed by atoms with Crippen LogP contribution in [0.1, 0.15) is 19.2 Å². The largest absolute Gasteiger partial charge is 0.497 e. The summed E-state index contributed by atoms with van der Waals surface area (Å²) in [5, 5.41) is 6.75. The Hall–Kier alpha value is -3.88. The van der Waals surface area contributed by atoms with Crippen LogP contribution in [0, 0.1) is 0 Å². The highest BCUT2D eigenvalue weighted by atomic mass is 16.5. The van der Waals surface area contributed by atoms with Crippen LogP contribution in [-0.4, -0.2) is 54.2 Å². The van der Waals surface area contributed by atoms with E-state index in [1.54, 1.807) is 38.5 Å². The van der Waals surface area contributed by atoms with E-state index in [0.717, 1.165) is 11.3 Å². The molecule has 32 heavy (non-hydrogen) atoms. The highest BCUT2D eigenvalue weighted by Gasteiger charge is 2.18. The van der Waals surface area contributed by atoms with E-state index in [4.69, 9.17) is 14.0 Å². The van der Waals surface area contributed by atoms with Crippen molar-refractivity contribution >= 4 is 17.5 Å². The predicted molar refractivity (Wildman–Crippen MR) is 118 cm³/mol. The Balaban J connectivity index is 1.52. The highest BCUT2D eigenvalue weighted by molar-refractivity contribution is 5.94. The molecule has 9 nitrogen and oxygen atoms in total. The van der Waals surface area contributed by atoms with Crippen LogP contribution in [0.3, 0.4) is 0 Å². The summed E-state index contributed by atoms with van der Waals surface area (Å²) in [5.41, 5.74) is 1.39. The number of carbonyl (C=O) groups excluding carboxylic acids is 2. The maximum absolute atomic E-state index is 12.6. The first-order valence-electron chi connectivity index (χ1n) is 10.2. The summed E-state index contributed by atoms with van der Waals surface area (Å²) in [6, 6.07) is 14.3. The summed E-state index contributed by atoms with van der Waals surface area (Å²) in [5.74, 6) is 1.73. The van der Waals surface area contributed by atoms with Crippen molar-refractivity contribution in [3.8, 4) is 22.9 Å². The average molecular weight is 438 g/mol. The molecule has 168 valence electrons. The molecule has 0 atom stereocenters. The molecule has 3 rings (SSSR count). The van der Waals surface area contributed by atoms with Gasteiger partial charge in [0.25, 0.3) is 0 Å². The van der Waals surface area contributed by atoms with E-state index in [9.17, 15) is 9.59 Å². The lowest BCUT2D eigenvalue weighted by Crippen LogP contribution is -2.38. The van der Waals surface area contributed by atoms with Gasteiger partial charge in [0.15, 0.2) is 0 Å². The van der Waals surface area contributed by atoms with Crippen LogP contribution in [0.25, 0.3) is 11.4 Å². The minimum atomic E-state index is -0.284. The van der Waals surface area contributed by atoms with Crippen molar-refractivity contribution in [2.24, 2.45) is 0 Å². The number of carbonyl (C=O) groups is 2. The normalized spacial score (nSPS) is 10.5. The number of nitrogens with one attached hydrogen (secondary N) is 1. The van der Waals surface area contributed by atoms with Gasteiger partial charge in [-0.05, 0) is 43.3 Å². The van der Waals surface area contributed by atoms with Crippen molar-refractivity contribution in [2.45, 2.75) is 19.8 Å². The van der Waals surface area contributed by atoms with Gasteiger partial charge >= 0.3 is 0 Å². The third kappa shape index (κ3) is 6.07. The minimum Gasteiger partial charge on any atom is -0.497 e. The van der Waals surface area contributed by atoms with Crippen LogP contribution in [0.2, 0.25) is 0 Å². The second-order valence-corrected chi connectivity index (χ2v) is 6.93. The summed E-state index contributed by atoms with van der Waals surface area (Å²) < 4.78 is 15.6. The van der Waals surface area contributed by atoms with E-state index >= 15 is 0 Å². The van der Waals surface area contributed by atoms with Crippen molar-refractivity contribution in [1.82, 2.24) is 15.0 Å². The summed E-state index contributed by atoms with van der Waals surface area (Å²) >= 11 is 0. The maximum atomic E-state index is 12.6. The molecule has 0 fully saturated rings. The standard InChI is InChI=1S/C23H26N4O5/c1-4-27(15-20(28)24-17-6-5-7-19(14-17)31-3)22(29)13-12-21-25-23(26-32-21)16-8-10-18(30-2)11-9-16/h5-11,14H,4,12-13,15H2,1-3H3,(H,24,28). The van der Waals surface area contributed by atoms with Gasteiger partial charge < -0.3 is 24.2 Å². The molecule has 1 aromatic heterocycles. The lowest BCUT2D eigenvalue weighted by molar-refractivity contribution is -0.134. The Kier molecular flexibility index (Phi) is 7.80. The monoisotopic (exact) mass is 438 g/mol. The molecule has 1 heterocycles. The van der Waals surface area contributed by atoms with Crippen molar-refractivity contribution in [1.29, 1.82) is 0 Å². The van der Waals surface area contributed by atoms with E-state index in [-0.39, 0.29) is 31.2 Å². The molecular formula is C23H26N4O5. The van der Waals surface area contributed by atoms with Gasteiger partial charge in [-0.2, -0.15) is 4.98 Å². The second-order valence-electron chi connectivity index (χ2n) is 6.93. The quantitative estimate of drug-likeness (QED) is 0.518. The summed E-state index contributed by atoms with van der Waals surface area (Å²) in [7, 11) is 3.16. The van der Waals surface area contributed by atoms with Crippen LogP contribution in [0.5, 0.6) is 11.5 Å². The first-order chi connectivity index (χ1) is 15.5. The molecule has 2 amide bonds. The van der Waals surface area contributed by atoms with Crippen molar-refractivity contribution in [3.05, 3.63) is 54.4 Å². The number of rotatable bonds is 10. The molecule has 0 aliphatic rings. The zero-order chi connectivity index (χ0) is 22.9. The van der Waals surface area contributed by atoms with E-state index in [2.05, 4.69) is 15.5 Å². The highest BCUT2D eigenvalue weighted by Crippen LogP contribution is 2.20. The van der Waals surface area contributed by atoms with Gasteiger partial charge in [-0.15, -0.1) is 0 Å². The molecule has 0 bridgehead atoms. The molecule has 0 unspecified atom stereocenters. The van der Waals surface area contributed by atoms with Crippen LogP contribution in [0.4, 0.5) is 5.69 Å². The van der Waals surface area contributed by atoms with Crippen molar-refractivity contribution in [3.63, 3.8) is 0 Å². The summed E-state index contributed by atoms with van der Waals surface area (Å²) in [6.07, 6.45) is 0.445. The first kappa shape index (κ1) is 22.8. The van der Waals surface area contributed by atoms with Gasteiger partial charge in [-0.1, -0.05) is 11.2 Å². The molecule has 2 aromatic carbocycles. The fraction of sp³-hybridized carbons (Fsp3) is 0.304. The van der Waals surface area contributed by atoms with Crippen LogP contribution < -0.4 is 14.8 Å². The topological polar surface area (TPSA) is 107 Å². The number of hydrogen-bond donors (Lipinski definition) is 1. The van der Waals surface area contributed by atoms with Crippen molar-refractivity contribution < 1.29 is 23.6 Å². The van der Waals surface area contributed by atoms with Crippen LogP contribution in [-0.2, 0) is 16.0 Å². The van der Waals surface area contributed by atoms with Gasteiger partial charge in [0.05, 0.1) is 20.8 Å². The molecule has 0 saturated carbocycles. The zero-order valence-corrected chi connectivity index (χ0v) is 18.3. The Morgan fingerprint density at radius 2 is 1.81 bits per heavy atom. The molecule has 0 spiro atoms. The summed E-state index contributed by atoms with van der Waals surface area (Å²) in [4.78, 5) is 30.8. The van der Waals surface area contributed by atoms with E-state index in [0.29, 0.717) is 29.7 Å². The molecule has 1 N–H and O–H groups in total. The number of likely N-dealkylation sites (N-methyl/N-ethyl adjacent to an activating group) is 1. The zero-order valence-electron chi connectivity index (χ0n) is 18.3. The third-order valence-electron chi connectivity index (χ3n) is 4.79. The predicted octanol–water partition coefficient (Wildman–Crippen LogP) is 3.17. The van der Waals surface area contributed by atoms with Gasteiger partial charge in [0.2, 0.25) is 23.5 Å². The second kappa shape index (κ2) is 10.9. The lowest BCUT2D eigenvalue weighted by Gasteiger charge is -2.20. The number of benzene rings is 2. The molecular weight excluding hydrogens is 412 g/mol. The number of ether oxygens (including phenoxy) is 2. The lowest BCUT2D eigenvalue weighted by atomic mass is 10.2. The Bertz CT molecular complexity index is 1050. The smallest absolute Gasteiger partial charge is 0.243 e. The minimum absolute atomic E-state index is 0.0481. The summed E-state index contributed by atoms with van der Waals surface area (Å²) in [6.45, 7) is 2.18. The molecule has 0 aliphatic carbocycles. The number of aromatic nitrogens is 2. The SMILES string of the molecule is CCN(CC(=O)Nc1cccc(OC)c1)C(=O)CCc1nc(-c2ccc(OC)cc2)no1. The number of nitrogens with zero attached hydrogens (tertiary/aromatic N) is 3. The average Bonchev–Trinajstić information content (AvgIpc) is 3.30. The molecule has 9 heteroatoms. The Morgan fingerprint density at radius 3 is 2.50 bits per heavy atom. The number of methoxy groups -OCH3 is 2. The fourth-order valence-electron chi connectivity index (χ4n) is 3.04. The van der Waals surface area contributed by atoms with E-state index < -0.39 is 0 Å². The molecule has 3 aromatic rings. The number of anilines is 1. The van der Waals surface area contributed by atoms with Gasteiger partial charge in [-0.25, -0.2) is 0 Å². The Labute approximate surface area is 186 Å². The van der Waals surface area contributed by atoms with Crippen molar-refractivity contribution in [2.75, 3.05) is 32.6 Å². The molecule has 0 radical (unpaired) electrons. The maximum Gasteiger partial charge on any atom is 0.243 e. The Morgan fingerprint density at radius 1 is 1.06 bits per heavy atom. The third-order valence-corrected chi connectivity index (χ3v) is 4.79. The van der Waals surface area contributed by atoms with Gasteiger partial charge in [0.1, 0.15) is 11.5 Å². The van der Waals surface area contributed by atoms with Crippen LogP contribution >= 0.6 is 0 Å². The van der Waals surface area contributed by atoms with E-state index in [1.165, 1.54) is 4.90 Å². The number of amides is 2. The van der Waals surface area contributed by atoms with E-state index in [1.807, 2.05) is 31.2 Å². The van der Waals surface area contributed by atoms with Gasteiger partial charge in [0, 0.05) is 36.7 Å². The van der Waals surface area contributed by atoms with Gasteiger partial charge in [-0.3, -0.25) is 9.59 Å². The number of hydrogen-bond acceptors (Lipinski definition) is 7. The first-order valence-corrected chi connectivity index (χ1v) is 10.2. The van der Waals surface area contributed by atoms with Crippen LogP contribution in [0.15, 0.2) is 53.1 Å². The molecule has 0 saturated heterocycles. The fourth-order valence-corrected chi connectivity index (χ4v) is 3.04. The number of aryl methyl sites for hydroxylation is 1. The molecule has 0 aliphatic heterocycles.